The van der Waals surface area contributed by atoms with Gasteiger partial charge in [-0.15, -0.1) is 0 Å². The Balaban J connectivity index is 4.35. The number of aliphatic hydroxyl groups is 1. The predicted octanol–water partition coefficient (Wildman–Crippen LogP) is 18.9. The fourth-order valence-corrected chi connectivity index (χ4v) is 8.98. The Kier molecular flexibility index (Phi) is 54.8. The Bertz CT molecular complexity index is 1710. The van der Waals surface area contributed by atoms with Crippen LogP contribution in [0.4, 0.5) is 0 Å². The second-order valence-electron chi connectivity index (χ2n) is 21.7. The molecule has 0 rings (SSSR count). The molecule has 1 amide bonds. The van der Waals surface area contributed by atoms with Crippen LogP contribution in [0, 0.1) is 0 Å². The number of nitrogens with zero attached hydrogens (tertiary/aromatic N) is 1. The zero-order chi connectivity index (χ0) is 56.3. The maximum absolute atomic E-state index is 13.0. The molecule has 0 aliphatic carbocycles. The van der Waals surface area contributed by atoms with Crippen molar-refractivity contribution < 1.29 is 32.9 Å². The highest BCUT2D eigenvalue weighted by atomic mass is 31.2. The van der Waals surface area contributed by atoms with E-state index in [1.807, 2.05) is 27.2 Å². The molecule has 3 unspecified atom stereocenters. The van der Waals surface area contributed by atoms with Gasteiger partial charge in [0, 0.05) is 6.42 Å². The molecule has 0 aliphatic rings. The average Bonchev–Trinajstić information content (AvgIpc) is 3.39. The zero-order valence-corrected chi connectivity index (χ0v) is 51.0. The van der Waals surface area contributed by atoms with Gasteiger partial charge in [-0.25, -0.2) is 0 Å². The molecule has 440 valence electrons. The van der Waals surface area contributed by atoms with Crippen LogP contribution in [-0.2, 0) is 18.4 Å². The van der Waals surface area contributed by atoms with Crippen LogP contribution < -0.4 is 10.2 Å². The number of likely N-dealkylation sites (N-methyl/N-ethyl adjacent to an activating group) is 1. The Hall–Kier alpha value is -3.36. The number of carbonyl (C=O) groups is 1. The van der Waals surface area contributed by atoms with Gasteiger partial charge in [0.15, 0.2) is 0 Å². The van der Waals surface area contributed by atoms with Crippen LogP contribution in [-0.4, -0.2) is 68.5 Å². The number of nitrogens with one attached hydrogen (secondary N) is 1. The third-order valence-electron chi connectivity index (χ3n) is 13.1. The molecule has 0 spiro atoms. The van der Waals surface area contributed by atoms with Gasteiger partial charge in [0.05, 0.1) is 39.9 Å². The molecule has 0 fully saturated rings. The van der Waals surface area contributed by atoms with Gasteiger partial charge in [-0.1, -0.05) is 257 Å². The maximum atomic E-state index is 13.0. The molecular weight excluding hydrogens is 972 g/mol. The maximum Gasteiger partial charge on any atom is 0.268 e. The molecule has 0 saturated heterocycles. The Labute approximate surface area is 475 Å². The molecule has 0 aliphatic heterocycles. The van der Waals surface area contributed by atoms with Crippen LogP contribution in [0.5, 0.6) is 0 Å². The number of quaternary nitrogens is 1. The first-order valence-corrected chi connectivity index (χ1v) is 32.5. The van der Waals surface area contributed by atoms with Crippen molar-refractivity contribution >= 4 is 13.7 Å². The quantitative estimate of drug-likeness (QED) is 0.0272. The minimum atomic E-state index is -4.63. The lowest BCUT2D eigenvalue weighted by molar-refractivity contribution is -0.870. The first-order chi connectivity index (χ1) is 37.5. The van der Waals surface area contributed by atoms with E-state index in [0.717, 1.165) is 103 Å². The summed E-state index contributed by atoms with van der Waals surface area (Å²) < 4.78 is 23.3. The smallest absolute Gasteiger partial charge is 0.268 e. The van der Waals surface area contributed by atoms with Crippen LogP contribution in [0.15, 0.2) is 134 Å². The summed E-state index contributed by atoms with van der Waals surface area (Å²) in [4.78, 5) is 25.5. The van der Waals surface area contributed by atoms with E-state index in [2.05, 4.69) is 141 Å². The van der Waals surface area contributed by atoms with Crippen molar-refractivity contribution in [2.75, 3.05) is 40.9 Å². The van der Waals surface area contributed by atoms with Crippen LogP contribution in [0.25, 0.3) is 0 Å². The van der Waals surface area contributed by atoms with Gasteiger partial charge < -0.3 is 28.8 Å². The number of unbranched alkanes of at least 4 members (excludes halogenated alkanes) is 22. The van der Waals surface area contributed by atoms with Crippen LogP contribution in [0.2, 0.25) is 0 Å². The Morgan fingerprint density at radius 3 is 1.21 bits per heavy atom. The van der Waals surface area contributed by atoms with Gasteiger partial charge in [0.1, 0.15) is 13.2 Å². The zero-order valence-electron chi connectivity index (χ0n) is 50.1. The number of phosphoric acid groups is 1. The van der Waals surface area contributed by atoms with Crippen LogP contribution in [0.3, 0.4) is 0 Å². The van der Waals surface area contributed by atoms with Crippen molar-refractivity contribution in [2.24, 2.45) is 0 Å². The van der Waals surface area contributed by atoms with E-state index in [-0.39, 0.29) is 12.5 Å². The highest BCUT2D eigenvalue weighted by Crippen LogP contribution is 2.38. The van der Waals surface area contributed by atoms with Crippen molar-refractivity contribution in [3.8, 4) is 0 Å². The number of amides is 1. The molecule has 0 aromatic rings. The lowest BCUT2D eigenvalue weighted by Gasteiger charge is -2.29. The van der Waals surface area contributed by atoms with Gasteiger partial charge in [0.2, 0.25) is 5.91 Å². The van der Waals surface area contributed by atoms with Crippen LogP contribution in [0.1, 0.15) is 239 Å². The Morgan fingerprint density at radius 1 is 0.468 bits per heavy atom. The summed E-state index contributed by atoms with van der Waals surface area (Å²) in [6, 6.07) is -0.936. The second kappa shape index (κ2) is 57.3. The van der Waals surface area contributed by atoms with Gasteiger partial charge >= 0.3 is 0 Å². The summed E-state index contributed by atoms with van der Waals surface area (Å²) in [6.07, 6.45) is 86.9. The monoisotopic (exact) mass is 1090 g/mol. The van der Waals surface area contributed by atoms with Gasteiger partial charge in [-0.2, -0.15) is 0 Å². The third kappa shape index (κ3) is 60.1. The molecule has 9 heteroatoms. The average molecular weight is 1090 g/mol. The largest absolute Gasteiger partial charge is 0.756 e. The SMILES string of the molecule is CC/C=C\C/C=C\C/C=C\C/C=C\C/C=C\C/C=C\C/C=C\C/C=C\CCCCCCC(=O)NC(COP(=O)([O-])OCC[N+](C)(C)C)C(O)/C=C/CC/C=C/CC/C=C/CCCCCCCCCCCCCCCCCC. The number of hydrogen-bond donors (Lipinski definition) is 2. The van der Waals surface area contributed by atoms with E-state index in [0.29, 0.717) is 23.9 Å². The molecule has 0 aromatic heterocycles. The first-order valence-electron chi connectivity index (χ1n) is 31.0. The Morgan fingerprint density at radius 2 is 0.805 bits per heavy atom. The lowest BCUT2D eigenvalue weighted by Crippen LogP contribution is -2.45. The summed E-state index contributed by atoms with van der Waals surface area (Å²) in [5.41, 5.74) is 0. The van der Waals surface area contributed by atoms with Gasteiger partial charge in [-0.3, -0.25) is 9.36 Å². The molecule has 0 bridgehead atoms. The highest BCUT2D eigenvalue weighted by Gasteiger charge is 2.23. The predicted molar refractivity (Wildman–Crippen MR) is 334 cm³/mol. The number of rotatable bonds is 55. The number of carbonyl (C=O) groups excluding carboxylic acids is 1. The minimum absolute atomic E-state index is 0.0221. The van der Waals surface area contributed by atoms with Crippen molar-refractivity contribution in [1.82, 2.24) is 5.32 Å². The molecular formula is C68H117N2O6P. The highest BCUT2D eigenvalue weighted by molar-refractivity contribution is 7.45. The van der Waals surface area contributed by atoms with Gasteiger partial charge in [-0.05, 0) is 109 Å². The van der Waals surface area contributed by atoms with Crippen molar-refractivity contribution in [2.45, 2.75) is 251 Å². The van der Waals surface area contributed by atoms with E-state index < -0.39 is 26.6 Å². The van der Waals surface area contributed by atoms with E-state index in [9.17, 15) is 19.4 Å². The molecule has 0 radical (unpaired) electrons. The molecule has 77 heavy (non-hydrogen) atoms. The lowest BCUT2D eigenvalue weighted by atomic mass is 10.0. The summed E-state index contributed by atoms with van der Waals surface area (Å²) in [7, 11) is 1.20. The van der Waals surface area contributed by atoms with Crippen molar-refractivity contribution in [3.63, 3.8) is 0 Å². The fraction of sp³-hybridized carbons (Fsp3) is 0.662. The first kappa shape index (κ1) is 73.6. The van der Waals surface area contributed by atoms with E-state index >= 15 is 0 Å². The van der Waals surface area contributed by atoms with Crippen LogP contribution >= 0.6 is 7.82 Å². The number of allylic oxidation sites excluding steroid dienone is 21. The number of phosphoric ester groups is 1. The molecule has 0 aromatic carbocycles. The summed E-state index contributed by atoms with van der Waals surface area (Å²) >= 11 is 0. The minimum Gasteiger partial charge on any atom is -0.756 e. The fourth-order valence-electron chi connectivity index (χ4n) is 8.26. The molecule has 0 heterocycles. The molecule has 8 nitrogen and oxygen atoms in total. The normalized spacial score (nSPS) is 14.7. The molecule has 3 atom stereocenters. The summed E-state index contributed by atoms with van der Waals surface area (Å²) in [5.74, 6) is -0.240. The van der Waals surface area contributed by atoms with Crippen molar-refractivity contribution in [1.29, 1.82) is 0 Å². The number of aliphatic hydroxyl groups excluding tert-OH is 1. The van der Waals surface area contributed by atoms with Crippen molar-refractivity contribution in [3.05, 3.63) is 134 Å². The van der Waals surface area contributed by atoms with Gasteiger partial charge in [0.25, 0.3) is 7.82 Å². The molecule has 0 saturated carbocycles. The summed E-state index contributed by atoms with van der Waals surface area (Å²) in [5, 5.41) is 13.9. The van der Waals surface area contributed by atoms with E-state index in [1.165, 1.54) is 109 Å². The second-order valence-corrected chi connectivity index (χ2v) is 23.1. The topological polar surface area (TPSA) is 108 Å². The molecule has 2 N–H and O–H groups in total. The number of hydrogen-bond acceptors (Lipinski definition) is 6. The summed E-state index contributed by atoms with van der Waals surface area (Å²) in [6.45, 7) is 4.48. The standard InChI is InChI=1S/C68H117N2O6P/c1-6-8-10-12-14-16-18-20-22-24-26-28-30-32-34-35-36-38-40-42-44-46-48-50-52-54-56-58-60-62-68(72)69-66(65-76-77(73,74)75-64-63-70(3,4)5)67(71)61-59-57-55-53-51-49-47-45-43-41-39-37-33-31-29-27-25-23-21-19-17-15-13-11-9-7-2/h8,10,14,16,20,22,26,28,32,34,36,38,42-45,48,50-51,53,59,61,66-67,71H,6-7,9,11-13,15,17-19,21,23-25,27,29-31,33,35,37,39-41,46-47,49,52,54-58,60,62-65H2,1-5H3,(H-,69,72,73,74)/b10-8-,16-14-,22-20-,28-26-,34-32-,38-36-,44-42-,45-43+,50-48-,53-51+,61-59+. The third-order valence-corrected chi connectivity index (χ3v) is 14.0. The van der Waals surface area contributed by atoms with E-state index in [4.69, 9.17) is 9.05 Å². The van der Waals surface area contributed by atoms with E-state index in [1.54, 1.807) is 6.08 Å².